The molecular formula is C13H17ClN6O. The van der Waals surface area contributed by atoms with E-state index < -0.39 is 5.38 Å². The van der Waals surface area contributed by atoms with Crippen LogP contribution < -0.4 is 4.90 Å². The third-order valence-corrected chi connectivity index (χ3v) is 3.78. The van der Waals surface area contributed by atoms with Crippen molar-refractivity contribution in [3.8, 4) is 0 Å². The summed E-state index contributed by atoms with van der Waals surface area (Å²) in [6.07, 6.45) is 3.47. The number of aromatic nitrogens is 4. The van der Waals surface area contributed by atoms with E-state index in [0.29, 0.717) is 18.9 Å². The average Bonchev–Trinajstić information content (AvgIpc) is 2.86. The molecule has 0 radical (unpaired) electrons. The fourth-order valence-electron chi connectivity index (χ4n) is 2.53. The second-order valence-electron chi connectivity index (χ2n) is 5.12. The lowest BCUT2D eigenvalue weighted by atomic mass is 10.3. The molecule has 1 fully saturated rings. The predicted octanol–water partition coefficient (Wildman–Crippen LogP) is 0.709. The molecule has 0 aliphatic carbocycles. The molecule has 3 heterocycles. The average molecular weight is 309 g/mol. The van der Waals surface area contributed by atoms with E-state index >= 15 is 0 Å². The van der Waals surface area contributed by atoms with E-state index in [4.69, 9.17) is 11.6 Å². The Morgan fingerprint density at radius 1 is 1.29 bits per heavy atom. The molecule has 1 aliphatic heterocycles. The van der Waals surface area contributed by atoms with Gasteiger partial charge in [0.2, 0.25) is 5.91 Å². The molecular weight excluding hydrogens is 292 g/mol. The van der Waals surface area contributed by atoms with Gasteiger partial charge in [-0.15, -0.1) is 16.7 Å². The Morgan fingerprint density at radius 2 is 2.00 bits per heavy atom. The van der Waals surface area contributed by atoms with E-state index in [2.05, 4.69) is 20.0 Å². The first-order chi connectivity index (χ1) is 10.1. The molecule has 2 aromatic rings. The lowest BCUT2D eigenvalue weighted by Gasteiger charge is -2.36. The second kappa shape index (κ2) is 5.48. The van der Waals surface area contributed by atoms with Gasteiger partial charge in [-0.1, -0.05) is 0 Å². The minimum absolute atomic E-state index is 0.00995. The molecule has 0 spiro atoms. The Kier molecular flexibility index (Phi) is 3.67. The number of halogens is 1. The first-order valence-corrected chi connectivity index (χ1v) is 7.35. The van der Waals surface area contributed by atoms with Crippen LogP contribution in [0.1, 0.15) is 12.7 Å². The second-order valence-corrected chi connectivity index (χ2v) is 5.78. The van der Waals surface area contributed by atoms with Gasteiger partial charge >= 0.3 is 0 Å². The number of rotatable bonds is 2. The third kappa shape index (κ3) is 2.65. The molecule has 1 saturated heterocycles. The molecule has 0 N–H and O–H groups in total. The van der Waals surface area contributed by atoms with Gasteiger partial charge < -0.3 is 9.80 Å². The van der Waals surface area contributed by atoms with E-state index in [1.165, 1.54) is 0 Å². The molecule has 0 saturated carbocycles. The zero-order valence-corrected chi connectivity index (χ0v) is 12.8. The van der Waals surface area contributed by atoms with Gasteiger partial charge in [-0.25, -0.2) is 4.98 Å². The molecule has 3 rings (SSSR count). The normalized spacial score (nSPS) is 17.3. The van der Waals surface area contributed by atoms with Crippen LogP contribution in [0.2, 0.25) is 0 Å². The van der Waals surface area contributed by atoms with E-state index in [9.17, 15) is 4.79 Å². The van der Waals surface area contributed by atoms with Crippen molar-refractivity contribution in [3.05, 3.63) is 18.2 Å². The molecule has 1 unspecified atom stereocenters. The van der Waals surface area contributed by atoms with Crippen LogP contribution in [0.5, 0.6) is 0 Å². The number of piperazine rings is 1. The highest BCUT2D eigenvalue weighted by Crippen LogP contribution is 2.17. The van der Waals surface area contributed by atoms with Crippen LogP contribution in [-0.2, 0) is 4.79 Å². The molecule has 2 aromatic heterocycles. The Labute approximate surface area is 127 Å². The smallest absolute Gasteiger partial charge is 0.240 e. The Hall–Kier alpha value is -1.89. The molecule has 1 atom stereocenters. The van der Waals surface area contributed by atoms with Gasteiger partial charge in [0.15, 0.2) is 11.5 Å². The van der Waals surface area contributed by atoms with E-state index in [1.54, 1.807) is 28.7 Å². The maximum atomic E-state index is 11.9. The van der Waals surface area contributed by atoms with E-state index in [-0.39, 0.29) is 5.91 Å². The minimum Gasteiger partial charge on any atom is -0.352 e. The third-order valence-electron chi connectivity index (χ3n) is 3.59. The van der Waals surface area contributed by atoms with Gasteiger partial charge in [0.05, 0.1) is 12.4 Å². The molecule has 7 nitrogen and oxygen atoms in total. The molecule has 112 valence electrons. The molecule has 0 bridgehead atoms. The molecule has 1 amide bonds. The number of carbonyl (C=O) groups is 1. The zero-order chi connectivity index (χ0) is 15.0. The minimum atomic E-state index is -0.473. The Bertz CT molecular complexity index is 662. The van der Waals surface area contributed by atoms with Crippen LogP contribution in [0.15, 0.2) is 12.4 Å². The van der Waals surface area contributed by atoms with Gasteiger partial charge in [-0.3, -0.25) is 9.78 Å². The molecule has 1 aliphatic rings. The summed E-state index contributed by atoms with van der Waals surface area (Å²) in [5.74, 6) is 1.61. The van der Waals surface area contributed by atoms with Crippen LogP contribution >= 0.6 is 11.6 Å². The summed E-state index contributed by atoms with van der Waals surface area (Å²) in [6.45, 7) is 6.33. The number of anilines is 1. The number of carbonyl (C=O) groups excluding carboxylic acids is 1. The van der Waals surface area contributed by atoms with Gasteiger partial charge in [0.1, 0.15) is 11.2 Å². The largest absolute Gasteiger partial charge is 0.352 e. The Morgan fingerprint density at radius 3 is 2.67 bits per heavy atom. The summed E-state index contributed by atoms with van der Waals surface area (Å²) < 4.78 is 1.80. The fraction of sp³-hybridized carbons (Fsp3) is 0.538. The molecule has 8 heteroatoms. The number of amides is 1. The lowest BCUT2D eigenvalue weighted by Crippen LogP contribution is -2.50. The summed E-state index contributed by atoms with van der Waals surface area (Å²) in [6, 6.07) is 0. The van der Waals surface area contributed by atoms with Gasteiger partial charge in [0, 0.05) is 26.2 Å². The quantitative estimate of drug-likeness (QED) is 0.764. The van der Waals surface area contributed by atoms with Crippen molar-refractivity contribution >= 4 is 29.0 Å². The highest BCUT2D eigenvalue weighted by Gasteiger charge is 2.25. The maximum absolute atomic E-state index is 11.9. The van der Waals surface area contributed by atoms with Crippen LogP contribution in [0.3, 0.4) is 0 Å². The van der Waals surface area contributed by atoms with Crippen molar-refractivity contribution in [2.24, 2.45) is 0 Å². The van der Waals surface area contributed by atoms with Gasteiger partial charge in [-0.2, -0.15) is 4.52 Å². The summed E-state index contributed by atoms with van der Waals surface area (Å²) in [5.41, 5.74) is 0.734. The number of nitrogens with zero attached hydrogens (tertiary/aromatic N) is 6. The van der Waals surface area contributed by atoms with Crippen LogP contribution in [0.4, 0.5) is 5.82 Å². The van der Waals surface area contributed by atoms with Crippen molar-refractivity contribution in [2.75, 3.05) is 31.1 Å². The fourth-order valence-corrected chi connectivity index (χ4v) is 2.67. The topological polar surface area (TPSA) is 66.6 Å². The number of aryl methyl sites for hydroxylation is 1. The first-order valence-electron chi connectivity index (χ1n) is 6.91. The highest BCUT2D eigenvalue weighted by molar-refractivity contribution is 6.30. The summed E-state index contributed by atoms with van der Waals surface area (Å²) in [5, 5.41) is 3.92. The SMILES string of the molecule is Cc1nc2cncc(N3CCN(C(=O)C(C)Cl)CC3)n2n1. The monoisotopic (exact) mass is 308 g/mol. The Balaban J connectivity index is 1.78. The zero-order valence-electron chi connectivity index (χ0n) is 12.0. The summed E-state index contributed by atoms with van der Waals surface area (Å²) in [4.78, 5) is 24.4. The number of hydrogen-bond acceptors (Lipinski definition) is 5. The van der Waals surface area contributed by atoms with Crippen molar-refractivity contribution in [2.45, 2.75) is 19.2 Å². The standard InChI is InChI=1S/C13H17ClN6O/c1-9(14)13(21)19-5-3-18(4-6-19)12-8-15-7-11-16-10(2)17-20(11)12/h7-9H,3-6H2,1-2H3. The number of fused-ring (bicyclic) bond motifs is 1. The lowest BCUT2D eigenvalue weighted by molar-refractivity contribution is -0.130. The summed E-state index contributed by atoms with van der Waals surface area (Å²) >= 11 is 5.86. The van der Waals surface area contributed by atoms with Crippen molar-refractivity contribution < 1.29 is 4.79 Å². The van der Waals surface area contributed by atoms with Gasteiger partial charge in [-0.05, 0) is 13.8 Å². The molecule has 21 heavy (non-hydrogen) atoms. The van der Waals surface area contributed by atoms with E-state index in [0.717, 1.165) is 24.6 Å². The maximum Gasteiger partial charge on any atom is 0.240 e. The van der Waals surface area contributed by atoms with Crippen molar-refractivity contribution in [3.63, 3.8) is 0 Å². The highest BCUT2D eigenvalue weighted by atomic mass is 35.5. The number of alkyl halides is 1. The first kappa shape index (κ1) is 14.1. The van der Waals surface area contributed by atoms with Gasteiger partial charge in [0.25, 0.3) is 0 Å². The number of hydrogen-bond donors (Lipinski definition) is 0. The predicted molar refractivity (Wildman–Crippen MR) is 79.6 cm³/mol. The van der Waals surface area contributed by atoms with Crippen molar-refractivity contribution in [1.29, 1.82) is 0 Å². The van der Waals surface area contributed by atoms with Crippen LogP contribution in [-0.4, -0.2) is 61.9 Å². The molecule has 0 aromatic carbocycles. The summed E-state index contributed by atoms with van der Waals surface area (Å²) in [7, 11) is 0. The van der Waals surface area contributed by atoms with Crippen LogP contribution in [0, 0.1) is 6.92 Å². The van der Waals surface area contributed by atoms with E-state index in [1.807, 2.05) is 6.92 Å². The van der Waals surface area contributed by atoms with Crippen molar-refractivity contribution in [1.82, 2.24) is 24.5 Å². The van der Waals surface area contributed by atoms with Crippen LogP contribution in [0.25, 0.3) is 5.65 Å².